The Morgan fingerprint density at radius 1 is 1.75 bits per heavy atom. The molecule has 0 spiro atoms. The molecule has 1 saturated heterocycles. The second-order valence-electron chi connectivity index (χ2n) is 2.87. The lowest BCUT2D eigenvalue weighted by Crippen LogP contribution is -2.29. The van der Waals surface area contributed by atoms with Crippen molar-refractivity contribution in [2.75, 3.05) is 7.05 Å². The van der Waals surface area contributed by atoms with Crippen LogP contribution in [-0.4, -0.2) is 31.5 Å². The Hall–Kier alpha value is -1.19. The van der Waals surface area contributed by atoms with Gasteiger partial charge in [0.2, 0.25) is 5.91 Å². The number of rotatable bonds is 2. The van der Waals surface area contributed by atoms with Crippen LogP contribution in [0, 0.1) is 5.92 Å². The fraction of sp³-hybridized carbons (Fsp3) is 0.625. The predicted molar refractivity (Wildman–Crippen MR) is 48.6 cm³/mol. The van der Waals surface area contributed by atoms with Gasteiger partial charge in [0.25, 0.3) is 0 Å². The highest BCUT2D eigenvalue weighted by Gasteiger charge is 2.32. The van der Waals surface area contributed by atoms with Crippen LogP contribution in [0.2, 0.25) is 0 Å². The fourth-order valence-corrected chi connectivity index (χ4v) is 1.35. The Morgan fingerprint density at radius 3 is 2.92 bits per heavy atom. The zero-order chi connectivity index (χ0) is 9.14. The topological polar surface area (TPSA) is 53.8 Å². The first-order valence-corrected chi connectivity index (χ1v) is 3.87. The number of carbonyl (C=O) groups is 1. The molecule has 0 aromatic rings. The molecule has 2 unspecified atom stereocenters. The van der Waals surface area contributed by atoms with Crippen LogP contribution in [0.4, 0.5) is 0 Å². The SMILES string of the molecule is C=NC1NC(=O)CC1/C(C)=N\C. The smallest absolute Gasteiger partial charge is 0.222 e. The first-order valence-electron chi connectivity index (χ1n) is 3.87. The number of hydrogen-bond acceptors (Lipinski definition) is 3. The number of carbonyl (C=O) groups excluding carboxylic acids is 1. The molecular weight excluding hydrogens is 154 g/mol. The summed E-state index contributed by atoms with van der Waals surface area (Å²) in [6, 6.07) is 0. The first kappa shape index (κ1) is 8.90. The first-order chi connectivity index (χ1) is 5.69. The average molecular weight is 167 g/mol. The molecule has 2 atom stereocenters. The van der Waals surface area contributed by atoms with Crippen LogP contribution < -0.4 is 5.32 Å². The third-order valence-corrected chi connectivity index (χ3v) is 2.18. The lowest BCUT2D eigenvalue weighted by molar-refractivity contribution is -0.119. The number of hydrogen-bond donors (Lipinski definition) is 1. The molecule has 0 bridgehead atoms. The zero-order valence-electron chi connectivity index (χ0n) is 7.37. The van der Waals surface area contributed by atoms with E-state index >= 15 is 0 Å². The summed E-state index contributed by atoms with van der Waals surface area (Å²) in [5.74, 6) is 0.125. The second kappa shape index (κ2) is 3.47. The van der Waals surface area contributed by atoms with Gasteiger partial charge in [-0.2, -0.15) is 0 Å². The predicted octanol–water partition coefficient (Wildman–Crippen LogP) is 0.240. The second-order valence-corrected chi connectivity index (χ2v) is 2.87. The molecule has 12 heavy (non-hydrogen) atoms. The van der Waals surface area contributed by atoms with Crippen molar-refractivity contribution >= 4 is 18.3 Å². The van der Waals surface area contributed by atoms with E-state index in [0.29, 0.717) is 6.42 Å². The molecule has 66 valence electrons. The Morgan fingerprint density at radius 2 is 2.42 bits per heavy atom. The van der Waals surface area contributed by atoms with E-state index in [2.05, 4.69) is 22.0 Å². The molecule has 4 heteroatoms. The third kappa shape index (κ3) is 1.52. The normalized spacial score (nSPS) is 30.2. The minimum Gasteiger partial charge on any atom is -0.334 e. The monoisotopic (exact) mass is 167 g/mol. The number of nitrogens with zero attached hydrogens (tertiary/aromatic N) is 2. The summed E-state index contributed by atoms with van der Waals surface area (Å²) >= 11 is 0. The van der Waals surface area contributed by atoms with E-state index in [9.17, 15) is 4.79 Å². The Balaban J connectivity index is 2.76. The van der Waals surface area contributed by atoms with Gasteiger partial charge < -0.3 is 5.32 Å². The molecule has 0 aromatic heterocycles. The van der Waals surface area contributed by atoms with Gasteiger partial charge in [-0.05, 0) is 13.6 Å². The molecular formula is C8H13N3O. The van der Waals surface area contributed by atoms with Gasteiger partial charge in [0.15, 0.2) is 0 Å². The van der Waals surface area contributed by atoms with Crippen molar-refractivity contribution in [3.8, 4) is 0 Å². The van der Waals surface area contributed by atoms with Gasteiger partial charge in [-0.15, -0.1) is 0 Å². The van der Waals surface area contributed by atoms with Gasteiger partial charge in [-0.25, -0.2) is 0 Å². The Bertz CT molecular complexity index is 234. The molecule has 1 fully saturated rings. The Labute approximate surface area is 71.8 Å². The largest absolute Gasteiger partial charge is 0.334 e. The van der Waals surface area contributed by atoms with E-state index in [0.717, 1.165) is 5.71 Å². The van der Waals surface area contributed by atoms with E-state index in [1.807, 2.05) is 6.92 Å². The van der Waals surface area contributed by atoms with E-state index < -0.39 is 0 Å². The molecule has 4 nitrogen and oxygen atoms in total. The summed E-state index contributed by atoms with van der Waals surface area (Å²) in [4.78, 5) is 18.9. The van der Waals surface area contributed by atoms with Crippen LogP contribution in [0.25, 0.3) is 0 Å². The number of nitrogens with one attached hydrogen (secondary N) is 1. The maximum Gasteiger partial charge on any atom is 0.222 e. The quantitative estimate of drug-likeness (QED) is 0.588. The zero-order valence-corrected chi connectivity index (χ0v) is 7.37. The lowest BCUT2D eigenvalue weighted by atomic mass is 10.0. The van der Waals surface area contributed by atoms with E-state index in [1.165, 1.54) is 0 Å². The van der Waals surface area contributed by atoms with Gasteiger partial charge in [0, 0.05) is 25.1 Å². The summed E-state index contributed by atoms with van der Waals surface area (Å²) in [6.45, 7) is 5.33. The summed E-state index contributed by atoms with van der Waals surface area (Å²) in [5.41, 5.74) is 0.950. The molecule has 1 aliphatic rings. The third-order valence-electron chi connectivity index (χ3n) is 2.18. The lowest BCUT2D eigenvalue weighted by Gasteiger charge is -2.12. The summed E-state index contributed by atoms with van der Waals surface area (Å²) < 4.78 is 0. The molecule has 1 heterocycles. The highest BCUT2D eigenvalue weighted by Crippen LogP contribution is 2.18. The van der Waals surface area contributed by atoms with Crippen LogP contribution in [0.3, 0.4) is 0 Å². The maximum atomic E-state index is 11.0. The molecule has 1 amide bonds. The van der Waals surface area contributed by atoms with Crippen molar-refractivity contribution < 1.29 is 4.79 Å². The standard InChI is InChI=1S/C8H13N3O/c1-5(9-2)6-4-7(12)11-8(6)10-3/h6,8H,3-4H2,1-2H3,(H,11,12)/b9-5-. The molecule has 0 aliphatic carbocycles. The van der Waals surface area contributed by atoms with Crippen LogP contribution in [0.5, 0.6) is 0 Å². The summed E-state index contributed by atoms with van der Waals surface area (Å²) in [7, 11) is 1.72. The van der Waals surface area contributed by atoms with Gasteiger partial charge in [0.05, 0.1) is 0 Å². The van der Waals surface area contributed by atoms with Crippen LogP contribution in [0.15, 0.2) is 9.98 Å². The van der Waals surface area contributed by atoms with Gasteiger partial charge in [-0.3, -0.25) is 14.8 Å². The molecule has 1 N–H and O–H groups in total. The van der Waals surface area contributed by atoms with Crippen molar-refractivity contribution in [2.45, 2.75) is 19.5 Å². The molecule has 1 rings (SSSR count). The van der Waals surface area contributed by atoms with Crippen LogP contribution >= 0.6 is 0 Å². The summed E-state index contributed by atoms with van der Waals surface area (Å²) in [6.07, 6.45) is 0.300. The van der Waals surface area contributed by atoms with Gasteiger partial charge in [-0.1, -0.05) is 0 Å². The number of aliphatic imine (C=N–C) groups is 2. The van der Waals surface area contributed by atoms with Gasteiger partial charge >= 0.3 is 0 Å². The van der Waals surface area contributed by atoms with Crippen LogP contribution in [0.1, 0.15) is 13.3 Å². The number of amides is 1. The van der Waals surface area contributed by atoms with Crippen molar-refractivity contribution in [3.63, 3.8) is 0 Å². The maximum absolute atomic E-state index is 11.0. The molecule has 1 aliphatic heterocycles. The minimum absolute atomic E-state index is 0.0281. The highest BCUT2D eigenvalue weighted by atomic mass is 16.2. The van der Waals surface area contributed by atoms with E-state index in [4.69, 9.17) is 0 Å². The van der Waals surface area contributed by atoms with Crippen molar-refractivity contribution in [3.05, 3.63) is 0 Å². The van der Waals surface area contributed by atoms with Crippen LogP contribution in [-0.2, 0) is 4.79 Å². The van der Waals surface area contributed by atoms with E-state index in [-0.39, 0.29) is 18.0 Å². The van der Waals surface area contributed by atoms with Crippen molar-refractivity contribution in [2.24, 2.45) is 15.9 Å². The molecule has 0 saturated carbocycles. The minimum atomic E-state index is -0.179. The van der Waals surface area contributed by atoms with E-state index in [1.54, 1.807) is 7.05 Å². The Kier molecular flexibility index (Phi) is 2.58. The fourth-order valence-electron chi connectivity index (χ4n) is 1.35. The summed E-state index contributed by atoms with van der Waals surface area (Å²) in [5, 5.41) is 2.72. The highest BCUT2D eigenvalue weighted by molar-refractivity contribution is 5.92. The average Bonchev–Trinajstić information content (AvgIpc) is 2.45. The molecule has 0 radical (unpaired) electrons. The molecule has 0 aromatic carbocycles. The van der Waals surface area contributed by atoms with Crippen molar-refractivity contribution in [1.29, 1.82) is 0 Å². The van der Waals surface area contributed by atoms with Crippen molar-refractivity contribution in [1.82, 2.24) is 5.32 Å². The van der Waals surface area contributed by atoms with Gasteiger partial charge in [0.1, 0.15) is 6.17 Å².